The molecule has 2 rings (SSSR count). The predicted molar refractivity (Wildman–Crippen MR) is 77.0 cm³/mol. The van der Waals surface area contributed by atoms with Gasteiger partial charge in [-0.05, 0) is 28.4 Å². The minimum Gasteiger partial charge on any atom is -0.309 e. The third-order valence-corrected chi connectivity index (χ3v) is 5.06. The first-order chi connectivity index (χ1) is 9.19. The average molecular weight is 386 g/mol. The van der Waals surface area contributed by atoms with Crippen molar-refractivity contribution in [3.8, 4) is 0 Å². The van der Waals surface area contributed by atoms with Gasteiger partial charge in [-0.15, -0.1) is 3.89 Å². The molecule has 0 saturated carbocycles. The molecule has 110 valence electrons. The Bertz CT molecular complexity index is 668. The van der Waals surface area contributed by atoms with Crippen molar-refractivity contribution >= 4 is 49.3 Å². The molecule has 1 aliphatic heterocycles. The first kappa shape index (κ1) is 15.7. The zero-order valence-corrected chi connectivity index (χ0v) is 13.6. The Morgan fingerprint density at radius 2 is 2.25 bits per heavy atom. The summed E-state index contributed by atoms with van der Waals surface area (Å²) in [4.78, 5) is 17.3. The lowest BCUT2D eigenvalue weighted by molar-refractivity contribution is -0.117. The van der Waals surface area contributed by atoms with E-state index in [9.17, 15) is 17.1 Å². The highest BCUT2D eigenvalue weighted by molar-refractivity contribution is 9.10. The summed E-state index contributed by atoms with van der Waals surface area (Å²) >= 11 is 9.31. The highest BCUT2D eigenvalue weighted by Crippen LogP contribution is 2.36. The lowest BCUT2D eigenvalue weighted by Crippen LogP contribution is -2.26. The van der Waals surface area contributed by atoms with Crippen LogP contribution in [0.3, 0.4) is 0 Å². The monoisotopic (exact) mass is 384 g/mol. The Hall–Kier alpha value is -0.730. The van der Waals surface area contributed by atoms with Gasteiger partial charge in [0.05, 0.1) is 11.4 Å². The van der Waals surface area contributed by atoms with Crippen LogP contribution in [0.25, 0.3) is 0 Å². The highest BCUT2D eigenvalue weighted by Gasteiger charge is 2.35. The van der Waals surface area contributed by atoms with Crippen LogP contribution in [0.4, 0.5) is 9.57 Å². The third kappa shape index (κ3) is 3.29. The van der Waals surface area contributed by atoms with Crippen molar-refractivity contribution in [2.45, 2.75) is 13.3 Å². The van der Waals surface area contributed by atoms with E-state index in [1.54, 1.807) is 6.92 Å². The van der Waals surface area contributed by atoms with Crippen LogP contribution in [0.1, 0.15) is 12.0 Å². The molecule has 9 heteroatoms. The van der Waals surface area contributed by atoms with Gasteiger partial charge >= 0.3 is 10.2 Å². The number of carbonyl (C=O) groups is 1. The van der Waals surface area contributed by atoms with Gasteiger partial charge in [-0.2, -0.15) is 8.42 Å². The first-order valence-electron chi connectivity index (χ1n) is 5.72. The molecule has 0 spiro atoms. The van der Waals surface area contributed by atoms with Crippen molar-refractivity contribution in [1.29, 1.82) is 0 Å². The van der Waals surface area contributed by atoms with Crippen molar-refractivity contribution in [3.63, 3.8) is 0 Å². The number of hydrogen-bond donors (Lipinski definition) is 0. The molecular weight excluding hydrogens is 375 g/mol. The van der Waals surface area contributed by atoms with E-state index in [-0.39, 0.29) is 24.0 Å². The quantitative estimate of drug-likeness (QED) is 0.592. The summed E-state index contributed by atoms with van der Waals surface area (Å²) in [6.45, 7) is 1.88. The van der Waals surface area contributed by atoms with E-state index < -0.39 is 21.9 Å². The molecule has 1 unspecified atom stereocenters. The molecule has 2 heterocycles. The molecule has 0 bridgehead atoms. The van der Waals surface area contributed by atoms with Crippen LogP contribution in [0.5, 0.6) is 0 Å². The fourth-order valence-electron chi connectivity index (χ4n) is 2.24. The van der Waals surface area contributed by atoms with Crippen molar-refractivity contribution in [3.05, 3.63) is 21.4 Å². The molecule has 0 N–H and O–H groups in total. The summed E-state index contributed by atoms with van der Waals surface area (Å²) in [5.74, 6) is -1.52. The first-order valence-corrected chi connectivity index (χ1v) is 8.44. The van der Waals surface area contributed by atoms with Crippen LogP contribution in [0.2, 0.25) is 5.15 Å². The van der Waals surface area contributed by atoms with Crippen LogP contribution in [-0.2, 0) is 15.0 Å². The molecule has 5 nitrogen and oxygen atoms in total. The Kier molecular flexibility index (Phi) is 4.36. The molecule has 1 aliphatic rings. The van der Waals surface area contributed by atoms with E-state index in [1.807, 2.05) is 0 Å². The van der Waals surface area contributed by atoms with Crippen molar-refractivity contribution in [2.75, 3.05) is 17.2 Å². The van der Waals surface area contributed by atoms with E-state index in [4.69, 9.17) is 11.6 Å². The molecule has 1 fully saturated rings. The smallest absolute Gasteiger partial charge is 0.302 e. The van der Waals surface area contributed by atoms with Crippen LogP contribution in [0.15, 0.2) is 10.7 Å². The molecule has 1 atom stereocenters. The van der Waals surface area contributed by atoms with Gasteiger partial charge in [0.2, 0.25) is 5.91 Å². The van der Waals surface area contributed by atoms with Gasteiger partial charge in [-0.1, -0.05) is 11.6 Å². The van der Waals surface area contributed by atoms with Crippen molar-refractivity contribution < 1.29 is 17.1 Å². The molecule has 20 heavy (non-hydrogen) atoms. The lowest BCUT2D eigenvalue weighted by atomic mass is 10.1. The van der Waals surface area contributed by atoms with E-state index in [0.29, 0.717) is 10.2 Å². The predicted octanol–water partition coefficient (Wildman–Crippen LogP) is 2.46. The molecule has 1 saturated heterocycles. The van der Waals surface area contributed by atoms with Crippen LogP contribution in [-0.4, -0.2) is 31.6 Å². The molecule has 1 aromatic heterocycles. The minimum absolute atomic E-state index is 0.0224. The Balaban J connectivity index is 2.31. The number of anilines is 1. The molecular formula is C11H11BrClFN2O3S. The van der Waals surface area contributed by atoms with Crippen molar-refractivity contribution in [1.82, 2.24) is 4.98 Å². The van der Waals surface area contributed by atoms with E-state index in [2.05, 4.69) is 20.9 Å². The SMILES string of the molecule is Cc1c(Br)cnc(Cl)c1N1CC(CS(=O)(=O)F)CC1=O. The average Bonchev–Trinajstić information content (AvgIpc) is 2.63. The second-order valence-electron chi connectivity index (χ2n) is 4.65. The van der Waals surface area contributed by atoms with E-state index in [1.165, 1.54) is 11.1 Å². The topological polar surface area (TPSA) is 67.3 Å². The molecule has 0 aromatic carbocycles. The summed E-state index contributed by atoms with van der Waals surface area (Å²) in [6.07, 6.45) is 1.50. The van der Waals surface area contributed by atoms with Gasteiger partial charge in [0, 0.05) is 29.6 Å². The molecule has 0 radical (unpaired) electrons. The van der Waals surface area contributed by atoms with E-state index in [0.717, 1.165) is 5.56 Å². The number of halogens is 3. The number of carbonyl (C=O) groups excluding carboxylic acids is 1. The fraction of sp³-hybridized carbons (Fsp3) is 0.455. The summed E-state index contributed by atoms with van der Waals surface area (Å²) in [5.41, 5.74) is 1.16. The Morgan fingerprint density at radius 1 is 1.60 bits per heavy atom. The number of hydrogen-bond acceptors (Lipinski definition) is 4. The maximum Gasteiger partial charge on any atom is 0.302 e. The number of rotatable bonds is 3. The Morgan fingerprint density at radius 3 is 2.85 bits per heavy atom. The molecule has 0 aliphatic carbocycles. The highest BCUT2D eigenvalue weighted by atomic mass is 79.9. The van der Waals surface area contributed by atoms with Gasteiger partial charge in [0.15, 0.2) is 5.15 Å². The van der Waals surface area contributed by atoms with Gasteiger partial charge in [-0.3, -0.25) is 4.79 Å². The van der Waals surface area contributed by atoms with Crippen LogP contribution >= 0.6 is 27.5 Å². The van der Waals surface area contributed by atoms with Gasteiger partial charge in [0.25, 0.3) is 0 Å². The van der Waals surface area contributed by atoms with Gasteiger partial charge in [-0.25, -0.2) is 4.98 Å². The maximum absolute atomic E-state index is 12.7. The zero-order valence-electron chi connectivity index (χ0n) is 10.4. The normalized spacial score (nSPS) is 19.7. The Labute approximate surface area is 129 Å². The summed E-state index contributed by atoms with van der Waals surface area (Å²) in [7, 11) is -4.60. The van der Waals surface area contributed by atoms with Gasteiger partial charge in [0.1, 0.15) is 0 Å². The van der Waals surface area contributed by atoms with Gasteiger partial charge < -0.3 is 4.90 Å². The fourth-order valence-corrected chi connectivity index (χ4v) is 3.61. The summed E-state index contributed by atoms with van der Waals surface area (Å²) in [6, 6.07) is 0. The van der Waals surface area contributed by atoms with Crippen LogP contribution < -0.4 is 4.90 Å². The number of amides is 1. The number of nitrogens with zero attached hydrogens (tertiary/aromatic N) is 2. The van der Waals surface area contributed by atoms with Crippen LogP contribution in [0, 0.1) is 12.8 Å². The van der Waals surface area contributed by atoms with E-state index >= 15 is 0 Å². The largest absolute Gasteiger partial charge is 0.309 e. The standard InChI is InChI=1S/C11H11BrClFN2O3S/c1-6-8(12)3-15-11(13)10(6)16-4-7(2-9(16)17)5-20(14,18)19/h3,7H,2,4-5H2,1H3. The summed E-state index contributed by atoms with van der Waals surface area (Å²) in [5, 5.41) is 0.155. The lowest BCUT2D eigenvalue weighted by Gasteiger charge is -2.20. The van der Waals surface area contributed by atoms with Crippen molar-refractivity contribution in [2.24, 2.45) is 5.92 Å². The summed E-state index contributed by atoms with van der Waals surface area (Å²) < 4.78 is 34.8. The maximum atomic E-state index is 12.7. The molecule has 1 aromatic rings. The third-order valence-electron chi connectivity index (χ3n) is 3.11. The zero-order chi connectivity index (χ0) is 15.1. The number of aromatic nitrogens is 1. The number of pyridine rings is 1. The minimum atomic E-state index is -4.60. The second-order valence-corrected chi connectivity index (χ2v) is 7.27. The second kappa shape index (κ2) is 5.57. The molecule has 1 amide bonds.